The number of benzene rings is 1. The molecule has 1 aliphatic rings. The SMILES string of the molecule is C/C=C/C1CN(Cc2ccccc2)CC1C(=O)OC. The molecule has 1 heterocycles. The van der Waals surface area contributed by atoms with Crippen molar-refractivity contribution in [2.24, 2.45) is 11.8 Å². The van der Waals surface area contributed by atoms with Crippen LogP contribution in [-0.4, -0.2) is 31.1 Å². The van der Waals surface area contributed by atoms with Crippen molar-refractivity contribution in [2.45, 2.75) is 13.5 Å². The summed E-state index contributed by atoms with van der Waals surface area (Å²) < 4.78 is 4.91. The summed E-state index contributed by atoms with van der Waals surface area (Å²) in [4.78, 5) is 14.1. The van der Waals surface area contributed by atoms with Crippen molar-refractivity contribution in [2.75, 3.05) is 20.2 Å². The maximum atomic E-state index is 11.8. The third kappa shape index (κ3) is 3.44. The van der Waals surface area contributed by atoms with Crippen LogP contribution in [0.2, 0.25) is 0 Å². The van der Waals surface area contributed by atoms with E-state index in [9.17, 15) is 4.79 Å². The first-order valence-corrected chi connectivity index (χ1v) is 6.71. The monoisotopic (exact) mass is 259 g/mol. The van der Waals surface area contributed by atoms with Crippen molar-refractivity contribution >= 4 is 5.97 Å². The van der Waals surface area contributed by atoms with Gasteiger partial charge in [-0.1, -0.05) is 42.5 Å². The lowest BCUT2D eigenvalue weighted by Gasteiger charge is -2.15. The number of hydrogen-bond acceptors (Lipinski definition) is 3. The van der Waals surface area contributed by atoms with E-state index in [1.54, 1.807) is 0 Å². The van der Waals surface area contributed by atoms with E-state index in [0.717, 1.165) is 19.6 Å². The highest BCUT2D eigenvalue weighted by Crippen LogP contribution is 2.27. The van der Waals surface area contributed by atoms with Crippen LogP contribution in [0.15, 0.2) is 42.5 Å². The zero-order valence-electron chi connectivity index (χ0n) is 11.6. The molecule has 0 amide bonds. The second kappa shape index (κ2) is 6.53. The number of esters is 1. The Kier molecular flexibility index (Phi) is 4.74. The summed E-state index contributed by atoms with van der Waals surface area (Å²) in [6, 6.07) is 10.4. The van der Waals surface area contributed by atoms with E-state index in [1.807, 2.05) is 31.2 Å². The number of carbonyl (C=O) groups is 1. The van der Waals surface area contributed by atoms with Crippen LogP contribution in [0, 0.1) is 11.8 Å². The molecule has 19 heavy (non-hydrogen) atoms. The fraction of sp³-hybridized carbons (Fsp3) is 0.438. The highest BCUT2D eigenvalue weighted by molar-refractivity contribution is 5.73. The minimum Gasteiger partial charge on any atom is -0.469 e. The molecule has 2 atom stereocenters. The van der Waals surface area contributed by atoms with Crippen LogP contribution < -0.4 is 0 Å². The third-order valence-electron chi connectivity index (χ3n) is 3.63. The minimum absolute atomic E-state index is 0.0371. The second-order valence-electron chi connectivity index (χ2n) is 5.00. The minimum atomic E-state index is -0.0985. The Morgan fingerprint density at radius 3 is 2.74 bits per heavy atom. The summed E-state index contributed by atoms with van der Waals surface area (Å²) >= 11 is 0. The van der Waals surface area contributed by atoms with E-state index in [4.69, 9.17) is 4.74 Å². The molecule has 0 aliphatic carbocycles. The van der Waals surface area contributed by atoms with Crippen molar-refractivity contribution in [3.8, 4) is 0 Å². The maximum Gasteiger partial charge on any atom is 0.310 e. The molecule has 3 nitrogen and oxygen atoms in total. The lowest BCUT2D eigenvalue weighted by Crippen LogP contribution is -2.24. The summed E-state index contributed by atoms with van der Waals surface area (Å²) in [6.07, 6.45) is 4.14. The van der Waals surface area contributed by atoms with Gasteiger partial charge in [-0.05, 0) is 12.5 Å². The van der Waals surface area contributed by atoms with Gasteiger partial charge in [0.25, 0.3) is 0 Å². The van der Waals surface area contributed by atoms with Crippen molar-refractivity contribution in [1.82, 2.24) is 4.90 Å². The standard InChI is InChI=1S/C16H21NO2/c1-3-7-14-11-17(12-15(14)16(18)19-2)10-13-8-5-4-6-9-13/h3-9,14-15H,10-12H2,1-2H3/b7-3+. The summed E-state index contributed by atoms with van der Waals surface area (Å²) in [5.74, 6) is 0.129. The molecule has 1 saturated heterocycles. The van der Waals surface area contributed by atoms with Crippen LogP contribution in [0.4, 0.5) is 0 Å². The Balaban J connectivity index is 2.03. The van der Waals surface area contributed by atoms with Gasteiger partial charge in [0.1, 0.15) is 0 Å². The zero-order chi connectivity index (χ0) is 13.7. The average molecular weight is 259 g/mol. The quantitative estimate of drug-likeness (QED) is 0.614. The topological polar surface area (TPSA) is 29.5 Å². The summed E-state index contributed by atoms with van der Waals surface area (Å²) in [5, 5.41) is 0. The normalized spacial score (nSPS) is 23.9. The van der Waals surface area contributed by atoms with Gasteiger partial charge in [0.2, 0.25) is 0 Å². The van der Waals surface area contributed by atoms with Gasteiger partial charge in [0, 0.05) is 25.6 Å². The molecule has 1 aromatic rings. The van der Waals surface area contributed by atoms with Gasteiger partial charge in [0.15, 0.2) is 0 Å². The number of hydrogen-bond donors (Lipinski definition) is 0. The third-order valence-corrected chi connectivity index (χ3v) is 3.63. The van der Waals surface area contributed by atoms with Crippen molar-refractivity contribution in [1.29, 1.82) is 0 Å². The predicted octanol–water partition coefficient (Wildman–Crippen LogP) is 2.48. The van der Waals surface area contributed by atoms with Crippen LogP contribution in [0.5, 0.6) is 0 Å². The maximum absolute atomic E-state index is 11.8. The molecule has 1 aliphatic heterocycles. The van der Waals surface area contributed by atoms with Gasteiger partial charge in [-0.3, -0.25) is 9.69 Å². The molecule has 2 rings (SSSR count). The second-order valence-corrected chi connectivity index (χ2v) is 5.00. The highest BCUT2D eigenvalue weighted by atomic mass is 16.5. The van der Waals surface area contributed by atoms with Crippen LogP contribution in [0.25, 0.3) is 0 Å². The Hall–Kier alpha value is -1.61. The molecule has 1 fully saturated rings. The lowest BCUT2D eigenvalue weighted by atomic mass is 9.96. The van der Waals surface area contributed by atoms with Crippen LogP contribution in [0.3, 0.4) is 0 Å². The van der Waals surface area contributed by atoms with Gasteiger partial charge >= 0.3 is 5.97 Å². The Labute approximate surface area is 114 Å². The first kappa shape index (κ1) is 13.8. The number of allylic oxidation sites excluding steroid dienone is 1. The molecule has 0 spiro atoms. The molecule has 0 bridgehead atoms. The average Bonchev–Trinajstić information content (AvgIpc) is 2.82. The van der Waals surface area contributed by atoms with Gasteiger partial charge in [0.05, 0.1) is 13.0 Å². The smallest absolute Gasteiger partial charge is 0.310 e. The molecule has 3 heteroatoms. The Morgan fingerprint density at radius 1 is 1.37 bits per heavy atom. The number of nitrogens with zero attached hydrogens (tertiary/aromatic N) is 1. The molecule has 102 valence electrons. The number of ether oxygens (including phenoxy) is 1. The van der Waals surface area contributed by atoms with Crippen LogP contribution in [-0.2, 0) is 16.1 Å². The van der Waals surface area contributed by atoms with Gasteiger partial charge in [-0.2, -0.15) is 0 Å². The van der Waals surface area contributed by atoms with Gasteiger partial charge in [-0.25, -0.2) is 0 Å². The largest absolute Gasteiger partial charge is 0.469 e. The summed E-state index contributed by atoms with van der Waals surface area (Å²) in [5.41, 5.74) is 1.28. The first-order chi connectivity index (χ1) is 9.24. The fourth-order valence-corrected chi connectivity index (χ4v) is 2.73. The van der Waals surface area contributed by atoms with E-state index in [2.05, 4.69) is 23.1 Å². The summed E-state index contributed by atoms with van der Waals surface area (Å²) in [6.45, 7) is 4.58. The molecule has 2 unspecified atom stereocenters. The van der Waals surface area contributed by atoms with E-state index in [0.29, 0.717) is 0 Å². The number of methoxy groups -OCH3 is 1. The Bertz CT molecular complexity index is 441. The van der Waals surface area contributed by atoms with Crippen LogP contribution in [0.1, 0.15) is 12.5 Å². The van der Waals surface area contributed by atoms with Crippen molar-refractivity contribution < 1.29 is 9.53 Å². The number of rotatable bonds is 4. The zero-order valence-corrected chi connectivity index (χ0v) is 11.6. The lowest BCUT2D eigenvalue weighted by molar-refractivity contribution is -0.145. The molecule has 1 aromatic carbocycles. The van der Waals surface area contributed by atoms with E-state index < -0.39 is 0 Å². The van der Waals surface area contributed by atoms with Crippen LogP contribution >= 0.6 is 0 Å². The Morgan fingerprint density at radius 2 is 2.11 bits per heavy atom. The van der Waals surface area contributed by atoms with Gasteiger partial charge < -0.3 is 4.74 Å². The van der Waals surface area contributed by atoms with Gasteiger partial charge in [-0.15, -0.1) is 0 Å². The molecular formula is C16H21NO2. The molecule has 0 N–H and O–H groups in total. The van der Waals surface area contributed by atoms with Crippen molar-refractivity contribution in [3.05, 3.63) is 48.0 Å². The molecular weight excluding hydrogens is 238 g/mol. The molecule has 0 radical (unpaired) electrons. The predicted molar refractivity (Wildman–Crippen MR) is 75.5 cm³/mol. The highest BCUT2D eigenvalue weighted by Gasteiger charge is 2.36. The molecule has 0 aromatic heterocycles. The van der Waals surface area contributed by atoms with E-state index in [-0.39, 0.29) is 17.8 Å². The summed E-state index contributed by atoms with van der Waals surface area (Å²) in [7, 11) is 1.47. The number of carbonyl (C=O) groups excluding carboxylic acids is 1. The molecule has 0 saturated carbocycles. The van der Waals surface area contributed by atoms with E-state index >= 15 is 0 Å². The number of likely N-dealkylation sites (tertiary alicyclic amines) is 1. The van der Waals surface area contributed by atoms with E-state index in [1.165, 1.54) is 12.7 Å². The fourth-order valence-electron chi connectivity index (χ4n) is 2.73. The first-order valence-electron chi connectivity index (χ1n) is 6.71. The van der Waals surface area contributed by atoms with Crippen molar-refractivity contribution in [3.63, 3.8) is 0 Å².